The molecule has 0 saturated heterocycles. The van der Waals surface area contributed by atoms with E-state index in [9.17, 15) is 0 Å². The average molecular weight is 273 g/mol. The minimum atomic E-state index is -0.00379. The molecule has 108 valence electrons. The van der Waals surface area contributed by atoms with Crippen LogP contribution in [-0.2, 0) is 12.8 Å². The van der Waals surface area contributed by atoms with E-state index in [2.05, 4.69) is 41.9 Å². The smallest absolute Gasteiger partial charge is 0.150 e. The van der Waals surface area contributed by atoms with Crippen molar-refractivity contribution in [3.05, 3.63) is 41.7 Å². The van der Waals surface area contributed by atoms with Crippen LogP contribution >= 0.6 is 0 Å². The second kappa shape index (κ2) is 6.61. The molecule has 0 spiro atoms. The molecule has 2 N–H and O–H groups in total. The number of nitrogens with two attached hydrogens (primary N) is 1. The molecule has 0 radical (unpaired) electrons. The number of aryl methyl sites for hydroxylation is 2. The Kier molecular flexibility index (Phi) is 4.84. The Morgan fingerprint density at radius 3 is 2.60 bits per heavy atom. The normalized spacial score (nSPS) is 14.2. The summed E-state index contributed by atoms with van der Waals surface area (Å²) >= 11 is 0. The number of hydrogen-bond acceptors (Lipinski definition) is 4. The molecule has 5 heteroatoms. The fourth-order valence-corrected chi connectivity index (χ4v) is 2.36. The topological polar surface area (TPSA) is 69.6 Å². The third-order valence-electron chi connectivity index (χ3n) is 3.54. The predicted molar refractivity (Wildman–Crippen MR) is 79.4 cm³/mol. The zero-order chi connectivity index (χ0) is 14.5. The van der Waals surface area contributed by atoms with Gasteiger partial charge >= 0.3 is 0 Å². The molecule has 0 bridgehead atoms. The molecular formula is C15H23N5. The SMILES string of the molecule is CCc1nc(CC)n(C(c2cccnc2)C(N)CC)n1. The Labute approximate surface area is 120 Å². The van der Waals surface area contributed by atoms with Crippen molar-refractivity contribution < 1.29 is 0 Å². The van der Waals surface area contributed by atoms with Crippen LogP contribution in [0.5, 0.6) is 0 Å². The third kappa shape index (κ3) is 2.88. The highest BCUT2D eigenvalue weighted by molar-refractivity contribution is 5.18. The monoisotopic (exact) mass is 273 g/mol. The Morgan fingerprint density at radius 1 is 1.25 bits per heavy atom. The van der Waals surface area contributed by atoms with E-state index in [0.29, 0.717) is 0 Å². The van der Waals surface area contributed by atoms with Crippen LogP contribution in [0.15, 0.2) is 24.5 Å². The van der Waals surface area contributed by atoms with Crippen LogP contribution < -0.4 is 5.73 Å². The molecule has 5 nitrogen and oxygen atoms in total. The van der Waals surface area contributed by atoms with Gasteiger partial charge in [-0.15, -0.1) is 0 Å². The van der Waals surface area contributed by atoms with Crippen molar-refractivity contribution in [2.75, 3.05) is 0 Å². The van der Waals surface area contributed by atoms with E-state index in [-0.39, 0.29) is 12.1 Å². The summed E-state index contributed by atoms with van der Waals surface area (Å²) in [6.45, 7) is 6.26. The first kappa shape index (κ1) is 14.7. The van der Waals surface area contributed by atoms with Gasteiger partial charge in [0.1, 0.15) is 5.82 Å². The molecule has 0 aromatic carbocycles. The fraction of sp³-hybridized carbons (Fsp3) is 0.533. The summed E-state index contributed by atoms with van der Waals surface area (Å²) in [7, 11) is 0. The lowest BCUT2D eigenvalue weighted by Gasteiger charge is -2.24. The van der Waals surface area contributed by atoms with Crippen LogP contribution in [0, 0.1) is 0 Å². The standard InChI is InChI=1S/C15H23N5/c1-4-12(16)15(11-8-7-9-17-10-11)20-14(6-3)18-13(5-2)19-20/h7-10,12,15H,4-6,16H2,1-3H3. The Bertz CT molecular complexity index is 534. The molecule has 0 saturated carbocycles. The molecule has 2 heterocycles. The van der Waals surface area contributed by atoms with E-state index >= 15 is 0 Å². The molecule has 2 unspecified atom stereocenters. The lowest BCUT2D eigenvalue weighted by atomic mass is 9.99. The van der Waals surface area contributed by atoms with Gasteiger partial charge in [0.25, 0.3) is 0 Å². The van der Waals surface area contributed by atoms with Crippen molar-refractivity contribution in [2.24, 2.45) is 5.73 Å². The number of aromatic nitrogens is 4. The molecule has 0 aliphatic rings. The summed E-state index contributed by atoms with van der Waals surface area (Å²) in [6.07, 6.45) is 6.20. The van der Waals surface area contributed by atoms with Gasteiger partial charge < -0.3 is 5.73 Å². The Balaban J connectivity index is 2.49. The summed E-state index contributed by atoms with van der Waals surface area (Å²) < 4.78 is 1.99. The zero-order valence-corrected chi connectivity index (χ0v) is 12.5. The summed E-state index contributed by atoms with van der Waals surface area (Å²) in [5.74, 6) is 1.86. The van der Waals surface area contributed by atoms with Crippen LogP contribution in [0.3, 0.4) is 0 Å². The fourth-order valence-electron chi connectivity index (χ4n) is 2.36. The zero-order valence-electron chi connectivity index (χ0n) is 12.5. The van der Waals surface area contributed by atoms with Crippen molar-refractivity contribution >= 4 is 0 Å². The van der Waals surface area contributed by atoms with Crippen LogP contribution in [0.25, 0.3) is 0 Å². The molecule has 0 aliphatic carbocycles. The van der Waals surface area contributed by atoms with Crippen molar-refractivity contribution in [3.8, 4) is 0 Å². The van der Waals surface area contributed by atoms with E-state index in [1.54, 1.807) is 6.20 Å². The average Bonchev–Trinajstić information content (AvgIpc) is 2.91. The minimum Gasteiger partial charge on any atom is -0.326 e. The summed E-state index contributed by atoms with van der Waals surface area (Å²) in [4.78, 5) is 8.80. The van der Waals surface area contributed by atoms with E-state index in [1.807, 2.05) is 16.9 Å². The number of nitrogens with zero attached hydrogens (tertiary/aromatic N) is 4. The highest BCUT2D eigenvalue weighted by atomic mass is 15.4. The molecule has 20 heavy (non-hydrogen) atoms. The second-order valence-corrected chi connectivity index (χ2v) is 4.90. The maximum absolute atomic E-state index is 6.34. The van der Waals surface area contributed by atoms with Gasteiger partial charge in [0.2, 0.25) is 0 Å². The Hall–Kier alpha value is -1.75. The Morgan fingerprint density at radius 2 is 2.05 bits per heavy atom. The predicted octanol–water partition coefficient (Wildman–Crippen LogP) is 2.12. The number of rotatable bonds is 6. The van der Waals surface area contributed by atoms with E-state index < -0.39 is 0 Å². The molecule has 2 aromatic heterocycles. The summed E-state index contributed by atoms with van der Waals surface area (Å²) in [6, 6.07) is 3.99. The van der Waals surface area contributed by atoms with Crippen LogP contribution in [0.1, 0.15) is 50.4 Å². The highest BCUT2D eigenvalue weighted by Crippen LogP contribution is 2.23. The van der Waals surface area contributed by atoms with Gasteiger partial charge in [0.15, 0.2) is 5.82 Å². The van der Waals surface area contributed by atoms with Gasteiger partial charge in [-0.1, -0.05) is 26.8 Å². The van der Waals surface area contributed by atoms with E-state index in [4.69, 9.17) is 5.73 Å². The van der Waals surface area contributed by atoms with Crippen LogP contribution in [0.4, 0.5) is 0 Å². The van der Waals surface area contributed by atoms with Gasteiger partial charge in [-0.3, -0.25) is 4.98 Å². The maximum atomic E-state index is 6.34. The van der Waals surface area contributed by atoms with Gasteiger partial charge in [-0.25, -0.2) is 9.67 Å². The molecule has 2 aromatic rings. The first-order valence-corrected chi connectivity index (χ1v) is 7.31. The van der Waals surface area contributed by atoms with Gasteiger partial charge in [-0.05, 0) is 18.1 Å². The number of pyridine rings is 1. The highest BCUT2D eigenvalue weighted by Gasteiger charge is 2.24. The largest absolute Gasteiger partial charge is 0.326 e. The molecule has 0 amide bonds. The maximum Gasteiger partial charge on any atom is 0.150 e. The summed E-state index contributed by atoms with van der Waals surface area (Å²) in [5, 5.41) is 4.64. The van der Waals surface area contributed by atoms with Crippen molar-refractivity contribution in [2.45, 2.75) is 52.1 Å². The van der Waals surface area contributed by atoms with Crippen molar-refractivity contribution in [1.29, 1.82) is 0 Å². The van der Waals surface area contributed by atoms with Gasteiger partial charge in [-0.2, -0.15) is 5.10 Å². The third-order valence-corrected chi connectivity index (χ3v) is 3.54. The molecule has 0 aliphatic heterocycles. The van der Waals surface area contributed by atoms with Crippen LogP contribution in [0.2, 0.25) is 0 Å². The van der Waals surface area contributed by atoms with Gasteiger partial charge in [0, 0.05) is 31.3 Å². The van der Waals surface area contributed by atoms with Crippen LogP contribution in [-0.4, -0.2) is 25.8 Å². The second-order valence-electron chi connectivity index (χ2n) is 4.90. The van der Waals surface area contributed by atoms with Crippen molar-refractivity contribution in [1.82, 2.24) is 19.7 Å². The lowest BCUT2D eigenvalue weighted by Crippen LogP contribution is -2.34. The molecule has 2 atom stereocenters. The van der Waals surface area contributed by atoms with E-state index in [1.165, 1.54) is 0 Å². The first-order valence-electron chi connectivity index (χ1n) is 7.31. The van der Waals surface area contributed by atoms with Gasteiger partial charge in [0.05, 0.1) is 6.04 Å². The summed E-state index contributed by atoms with van der Waals surface area (Å²) in [5.41, 5.74) is 7.43. The van der Waals surface area contributed by atoms with E-state index in [0.717, 1.165) is 36.5 Å². The molecular weight excluding hydrogens is 250 g/mol. The minimum absolute atomic E-state index is 0.00329. The first-order chi connectivity index (χ1) is 9.71. The lowest BCUT2D eigenvalue weighted by molar-refractivity contribution is 0.409. The van der Waals surface area contributed by atoms with Crippen molar-refractivity contribution in [3.63, 3.8) is 0 Å². The number of hydrogen-bond donors (Lipinski definition) is 1. The molecule has 0 fully saturated rings. The quantitative estimate of drug-likeness (QED) is 0.875. The molecule has 2 rings (SSSR count).